The first kappa shape index (κ1) is 39.9. The molecule has 4 amide bonds. The standard InChI is InChI=1S/C44H52N6O6S/c1-2-3-4-5-9-21-35(48-43(54)56-31-17-10-11-18-31)41(52)50-29-32(55-40-38(37-22-14-27-57-37)46-33-19-12-13-20-34(33)47-40)28-36(50)39(51)49-44(24-25-44)42(53)45-26-23-30-15-7-6-8-16-30/h2,6-8,12-16,19-20,22,27,31-32,35-36H,1,3-5,9-11,17-18,21,23-26,28-29H2,(H,45,53)(H,48,54)(H,49,51)/t32-,35+,36+/m1/s1. The van der Waals surface area contributed by atoms with Crippen molar-refractivity contribution in [1.29, 1.82) is 0 Å². The van der Waals surface area contributed by atoms with E-state index in [9.17, 15) is 19.2 Å². The average Bonchev–Trinajstić information content (AvgIpc) is 3.60. The number of ether oxygens (including phenoxy) is 2. The third-order valence-corrected chi connectivity index (χ3v) is 12.0. The first-order valence-corrected chi connectivity index (χ1v) is 21.2. The largest absolute Gasteiger partial charge is 0.471 e. The van der Waals surface area contributed by atoms with Gasteiger partial charge in [0.15, 0.2) is 0 Å². The van der Waals surface area contributed by atoms with Crippen LogP contribution in [0.4, 0.5) is 4.79 Å². The molecule has 3 heterocycles. The quantitative estimate of drug-likeness (QED) is 0.0729. The number of fused-ring (bicyclic) bond motifs is 1. The Hall–Kier alpha value is -5.30. The van der Waals surface area contributed by atoms with E-state index in [2.05, 4.69) is 22.5 Å². The minimum Gasteiger partial charge on any atom is -0.471 e. The summed E-state index contributed by atoms with van der Waals surface area (Å²) in [5.74, 6) is -0.764. The zero-order valence-corrected chi connectivity index (χ0v) is 33.1. The third kappa shape index (κ3) is 10.2. The highest BCUT2D eigenvalue weighted by Crippen LogP contribution is 2.38. The summed E-state index contributed by atoms with van der Waals surface area (Å²) < 4.78 is 12.3. The fourth-order valence-electron chi connectivity index (χ4n) is 7.77. The predicted octanol–water partition coefficient (Wildman–Crippen LogP) is 6.89. The van der Waals surface area contributed by atoms with Crippen LogP contribution in [0, 0.1) is 0 Å². The van der Waals surface area contributed by atoms with E-state index in [4.69, 9.17) is 19.4 Å². The summed E-state index contributed by atoms with van der Waals surface area (Å²) in [6.45, 7) is 4.31. The van der Waals surface area contributed by atoms with Crippen LogP contribution in [-0.4, -0.2) is 81.6 Å². The second kappa shape index (κ2) is 18.8. The smallest absolute Gasteiger partial charge is 0.408 e. The number of thiophene rings is 1. The number of rotatable bonds is 18. The number of benzene rings is 2. The Kier molecular flexibility index (Phi) is 13.1. The molecule has 3 atom stereocenters. The van der Waals surface area contributed by atoms with Crippen LogP contribution in [-0.2, 0) is 25.5 Å². The maximum absolute atomic E-state index is 14.7. The van der Waals surface area contributed by atoms with Crippen molar-refractivity contribution in [2.75, 3.05) is 13.1 Å². The number of para-hydroxylation sites is 2. The molecule has 12 nitrogen and oxygen atoms in total. The minimum atomic E-state index is -1.05. The maximum Gasteiger partial charge on any atom is 0.408 e. The molecule has 7 rings (SSSR count). The topological polar surface area (TPSA) is 152 Å². The summed E-state index contributed by atoms with van der Waals surface area (Å²) in [6, 6.07) is 19.4. The van der Waals surface area contributed by atoms with Gasteiger partial charge >= 0.3 is 6.09 Å². The molecule has 0 unspecified atom stereocenters. The van der Waals surface area contributed by atoms with Crippen LogP contribution in [0.15, 0.2) is 84.8 Å². The zero-order chi connectivity index (χ0) is 39.6. The lowest BCUT2D eigenvalue weighted by molar-refractivity contribution is -0.141. The highest BCUT2D eigenvalue weighted by Gasteiger charge is 2.53. The number of alkyl carbamates (subject to hydrolysis) is 1. The molecule has 57 heavy (non-hydrogen) atoms. The van der Waals surface area contributed by atoms with Gasteiger partial charge in [0.25, 0.3) is 0 Å². The van der Waals surface area contributed by atoms with Crippen molar-refractivity contribution in [2.24, 2.45) is 0 Å². The highest BCUT2D eigenvalue weighted by molar-refractivity contribution is 7.13. The summed E-state index contributed by atoms with van der Waals surface area (Å²) in [6.07, 6.45) is 9.51. The molecule has 1 aliphatic heterocycles. The van der Waals surface area contributed by atoms with Crippen LogP contribution in [0.2, 0.25) is 0 Å². The van der Waals surface area contributed by atoms with E-state index < -0.39 is 41.6 Å². The molecule has 13 heteroatoms. The van der Waals surface area contributed by atoms with Gasteiger partial charge in [0.05, 0.1) is 22.5 Å². The number of aromatic nitrogens is 2. The van der Waals surface area contributed by atoms with Gasteiger partial charge in [0.1, 0.15) is 35.5 Å². The second-order valence-electron chi connectivity index (χ2n) is 15.3. The molecular formula is C44H52N6O6S. The molecule has 2 aromatic carbocycles. The molecule has 0 spiro atoms. The van der Waals surface area contributed by atoms with Crippen molar-refractivity contribution in [3.63, 3.8) is 0 Å². The first-order chi connectivity index (χ1) is 27.8. The Morgan fingerprint density at radius 2 is 1.68 bits per heavy atom. The van der Waals surface area contributed by atoms with Crippen LogP contribution in [0.5, 0.6) is 5.88 Å². The first-order valence-electron chi connectivity index (χ1n) is 20.3. The molecule has 2 saturated carbocycles. The van der Waals surface area contributed by atoms with Gasteiger partial charge in [0.2, 0.25) is 23.6 Å². The van der Waals surface area contributed by atoms with Gasteiger partial charge in [-0.3, -0.25) is 14.4 Å². The van der Waals surface area contributed by atoms with Crippen molar-refractivity contribution in [1.82, 2.24) is 30.8 Å². The van der Waals surface area contributed by atoms with E-state index in [1.807, 2.05) is 78.2 Å². The van der Waals surface area contributed by atoms with Gasteiger partial charge in [-0.1, -0.05) is 67.4 Å². The summed E-state index contributed by atoms with van der Waals surface area (Å²) in [7, 11) is 0. The second-order valence-corrected chi connectivity index (χ2v) is 16.3. The van der Waals surface area contributed by atoms with E-state index in [1.165, 1.54) is 16.2 Å². The van der Waals surface area contributed by atoms with Crippen molar-refractivity contribution in [3.05, 3.63) is 90.3 Å². The van der Waals surface area contributed by atoms with E-state index in [0.29, 0.717) is 55.7 Å². The van der Waals surface area contributed by atoms with Crippen LogP contribution in [0.3, 0.4) is 0 Å². The minimum absolute atomic E-state index is 0.0674. The molecule has 3 N–H and O–H groups in total. The number of hydrogen-bond acceptors (Lipinski definition) is 9. The molecule has 4 aromatic rings. The highest BCUT2D eigenvalue weighted by atomic mass is 32.1. The van der Waals surface area contributed by atoms with E-state index in [-0.39, 0.29) is 25.0 Å². The predicted molar refractivity (Wildman–Crippen MR) is 220 cm³/mol. The van der Waals surface area contributed by atoms with Gasteiger partial charge in [-0.05, 0) is 93.4 Å². The van der Waals surface area contributed by atoms with E-state index >= 15 is 0 Å². The molecule has 3 fully saturated rings. The number of nitrogens with one attached hydrogen (secondary N) is 3. The number of allylic oxidation sites excluding steroid dienone is 1. The Labute approximate surface area is 337 Å². The Bertz CT molecular complexity index is 2020. The lowest BCUT2D eigenvalue weighted by atomic mass is 10.0. The zero-order valence-electron chi connectivity index (χ0n) is 32.3. The molecule has 0 radical (unpaired) electrons. The normalized spacial score (nSPS) is 19.1. The van der Waals surface area contributed by atoms with Crippen LogP contribution in [0.1, 0.15) is 82.6 Å². The maximum atomic E-state index is 14.7. The number of likely N-dealkylation sites (tertiary alicyclic amines) is 1. The molecule has 0 bridgehead atoms. The Morgan fingerprint density at radius 1 is 0.930 bits per heavy atom. The third-order valence-electron chi connectivity index (χ3n) is 11.1. The molecule has 2 aliphatic carbocycles. The SMILES string of the molecule is C=CCCCCC[C@H](NC(=O)OC1CCCC1)C(=O)N1C[C@H](Oc2nc3ccccc3nc2-c2cccs2)C[C@H]1C(=O)NC1(C(=O)NCCc2ccccc2)CC1. The van der Waals surface area contributed by atoms with E-state index in [0.717, 1.165) is 60.9 Å². The monoisotopic (exact) mass is 792 g/mol. The van der Waals surface area contributed by atoms with Gasteiger partial charge in [0, 0.05) is 13.0 Å². The van der Waals surface area contributed by atoms with Gasteiger partial charge < -0.3 is 30.3 Å². The number of carbonyl (C=O) groups excluding carboxylic acids is 4. The number of amides is 4. The lowest BCUT2D eigenvalue weighted by Gasteiger charge is -2.29. The van der Waals surface area contributed by atoms with Gasteiger partial charge in [-0.15, -0.1) is 17.9 Å². The average molecular weight is 793 g/mol. The summed E-state index contributed by atoms with van der Waals surface area (Å²) >= 11 is 1.51. The molecular weight excluding hydrogens is 741 g/mol. The van der Waals surface area contributed by atoms with Crippen molar-refractivity contribution in [2.45, 2.75) is 113 Å². The Morgan fingerprint density at radius 3 is 2.40 bits per heavy atom. The van der Waals surface area contributed by atoms with Gasteiger partial charge in [-0.2, -0.15) is 0 Å². The summed E-state index contributed by atoms with van der Waals surface area (Å²) in [5, 5.41) is 10.9. The van der Waals surface area contributed by atoms with Crippen molar-refractivity contribution >= 4 is 46.2 Å². The Balaban J connectivity index is 1.12. The lowest BCUT2D eigenvalue weighted by Crippen LogP contribution is -2.57. The number of unbranched alkanes of at least 4 members (excludes halogenated alkanes) is 3. The number of nitrogens with zero attached hydrogens (tertiary/aromatic N) is 3. The number of hydrogen-bond donors (Lipinski definition) is 3. The molecule has 1 saturated heterocycles. The summed E-state index contributed by atoms with van der Waals surface area (Å²) in [4.78, 5) is 67.9. The molecule has 3 aliphatic rings. The molecule has 300 valence electrons. The van der Waals surface area contributed by atoms with Crippen LogP contribution >= 0.6 is 11.3 Å². The fraction of sp³-hybridized carbons (Fsp3) is 0.455. The van der Waals surface area contributed by atoms with Crippen LogP contribution in [0.25, 0.3) is 21.6 Å². The van der Waals surface area contributed by atoms with E-state index in [1.54, 1.807) is 0 Å². The van der Waals surface area contributed by atoms with Gasteiger partial charge in [-0.25, -0.2) is 14.8 Å². The van der Waals surface area contributed by atoms with Crippen molar-refractivity contribution < 1.29 is 28.7 Å². The van der Waals surface area contributed by atoms with Crippen molar-refractivity contribution in [3.8, 4) is 16.5 Å². The summed E-state index contributed by atoms with van der Waals surface area (Å²) in [5.41, 5.74) is 2.01. The fourth-order valence-corrected chi connectivity index (χ4v) is 8.47. The van der Waals surface area contributed by atoms with Crippen LogP contribution < -0.4 is 20.7 Å². The number of carbonyl (C=O) groups is 4. The molecule has 2 aromatic heterocycles.